The van der Waals surface area contributed by atoms with Crippen LogP contribution in [0.1, 0.15) is 19.2 Å². The molecule has 10 heteroatoms. The van der Waals surface area contributed by atoms with Gasteiger partial charge in [-0.2, -0.15) is 5.10 Å². The lowest BCUT2D eigenvalue weighted by molar-refractivity contribution is 0.338. The quantitative estimate of drug-likeness (QED) is 0.505. The highest BCUT2D eigenvalue weighted by Gasteiger charge is 2.19. The van der Waals surface area contributed by atoms with Gasteiger partial charge in [0.05, 0.1) is 11.5 Å². The molecule has 1 fully saturated rings. The molecule has 34 heavy (non-hydrogen) atoms. The van der Waals surface area contributed by atoms with Crippen molar-refractivity contribution in [1.29, 1.82) is 0 Å². The van der Waals surface area contributed by atoms with E-state index in [0.29, 0.717) is 28.2 Å². The van der Waals surface area contributed by atoms with Gasteiger partial charge in [0.25, 0.3) is 0 Å². The number of anilines is 1. The number of aromatic nitrogens is 3. The lowest BCUT2D eigenvalue weighted by Gasteiger charge is -2.26. The molecule has 1 aromatic heterocycles. The summed E-state index contributed by atoms with van der Waals surface area (Å²) in [7, 11) is -1.42. The zero-order chi connectivity index (χ0) is 24.1. The predicted octanol–water partition coefficient (Wildman–Crippen LogP) is 3.92. The summed E-state index contributed by atoms with van der Waals surface area (Å²) in [4.78, 5) is 9.32. The van der Waals surface area contributed by atoms with Crippen molar-refractivity contribution >= 4 is 28.3 Å². The fourth-order valence-corrected chi connectivity index (χ4v) is 5.03. The Morgan fingerprint density at radius 2 is 2.06 bits per heavy atom. The largest absolute Gasteiger partial charge is 0.492 e. The molecule has 1 unspecified atom stereocenters. The third kappa shape index (κ3) is 5.71. The summed E-state index contributed by atoms with van der Waals surface area (Å²) in [5.41, 5.74) is 1.95. The Balaban J connectivity index is 1.43. The Kier molecular flexibility index (Phi) is 7.74. The van der Waals surface area contributed by atoms with Gasteiger partial charge in [0, 0.05) is 43.0 Å². The molecule has 0 amide bonds. The minimum Gasteiger partial charge on any atom is -0.492 e. The predicted molar refractivity (Wildman–Crippen MR) is 136 cm³/mol. The molecule has 0 bridgehead atoms. The van der Waals surface area contributed by atoms with Gasteiger partial charge in [-0.15, -0.1) is 0 Å². The van der Waals surface area contributed by atoms with Gasteiger partial charge in [-0.25, -0.2) is 13.9 Å². The van der Waals surface area contributed by atoms with Crippen molar-refractivity contribution in [1.82, 2.24) is 24.4 Å². The van der Waals surface area contributed by atoms with E-state index >= 15 is 0 Å². The fourth-order valence-electron chi connectivity index (χ4n) is 3.88. The average molecular weight is 501 g/mol. The molecule has 4 rings (SSSR count). The normalized spacial score (nSPS) is 15.0. The molecule has 8 nitrogen and oxygen atoms in total. The fraction of sp³-hybridized carbons (Fsp3) is 0.333. The van der Waals surface area contributed by atoms with Crippen LogP contribution >= 0.6 is 11.6 Å². The maximum absolute atomic E-state index is 12.7. The Hall–Kier alpha value is -3.04. The molecular weight excluding hydrogens is 472 g/mol. The Bertz CT molecular complexity index is 1180. The second-order valence-electron chi connectivity index (χ2n) is 7.92. The Labute approximate surface area is 207 Å². The molecular formula is C24H29ClN6O2S. The molecule has 0 saturated carbocycles. The van der Waals surface area contributed by atoms with E-state index in [0.717, 1.165) is 49.7 Å². The van der Waals surface area contributed by atoms with E-state index in [9.17, 15) is 4.21 Å². The number of hydrogen-bond donors (Lipinski definition) is 1. The summed E-state index contributed by atoms with van der Waals surface area (Å²) in [6, 6.07) is 13.2. The van der Waals surface area contributed by atoms with Crippen LogP contribution in [0.4, 0.5) is 5.69 Å². The maximum Gasteiger partial charge on any atom is 0.151 e. The average Bonchev–Trinajstić information content (AvgIpc) is 3.10. The first kappa shape index (κ1) is 24.1. The van der Waals surface area contributed by atoms with Crippen LogP contribution in [0.2, 0.25) is 5.02 Å². The van der Waals surface area contributed by atoms with Crippen LogP contribution in [0.25, 0.3) is 5.69 Å². The molecule has 2 aromatic carbocycles. The van der Waals surface area contributed by atoms with E-state index in [2.05, 4.69) is 43.3 Å². The standard InChI is InChI=1S/C24H29ClN6O2S/c1-4-33-24-16-21(9-10-23(24)31-17-26-18(2)27-31)30-12-6-11-29(13-14-30)19(3)28-34(32)22-8-5-7-20(25)15-22/h5,7-10,15-17,28H,3-4,6,11-14H2,1-2H3. The van der Waals surface area contributed by atoms with Gasteiger partial charge in [-0.05, 0) is 50.6 Å². The number of hydrogen-bond acceptors (Lipinski definition) is 6. The summed E-state index contributed by atoms with van der Waals surface area (Å²) in [5.74, 6) is 2.13. The van der Waals surface area contributed by atoms with Crippen LogP contribution in [0.5, 0.6) is 5.75 Å². The summed E-state index contributed by atoms with van der Waals surface area (Å²) in [6.45, 7) is 11.8. The number of ether oxygens (including phenoxy) is 1. The molecule has 1 N–H and O–H groups in total. The van der Waals surface area contributed by atoms with Gasteiger partial charge in [-0.1, -0.05) is 24.2 Å². The number of rotatable bonds is 8. The summed E-state index contributed by atoms with van der Waals surface area (Å²) >= 11 is 6.03. The maximum atomic E-state index is 12.7. The van der Waals surface area contributed by atoms with Gasteiger partial charge in [0.1, 0.15) is 29.4 Å². The van der Waals surface area contributed by atoms with Gasteiger partial charge in [-0.3, -0.25) is 4.72 Å². The van der Waals surface area contributed by atoms with Crippen molar-refractivity contribution in [3.63, 3.8) is 0 Å². The lowest BCUT2D eigenvalue weighted by atomic mass is 10.2. The van der Waals surface area contributed by atoms with Gasteiger partial charge < -0.3 is 14.5 Å². The van der Waals surface area contributed by atoms with Gasteiger partial charge in [0.2, 0.25) is 0 Å². The van der Waals surface area contributed by atoms with Gasteiger partial charge >= 0.3 is 0 Å². The van der Waals surface area contributed by atoms with Crippen LogP contribution in [0.3, 0.4) is 0 Å². The van der Waals surface area contributed by atoms with E-state index in [1.807, 2.05) is 19.9 Å². The highest BCUT2D eigenvalue weighted by molar-refractivity contribution is 7.83. The van der Waals surface area contributed by atoms with Crippen LogP contribution in [0, 0.1) is 6.92 Å². The van der Waals surface area contributed by atoms with Crippen LogP contribution in [0.15, 0.2) is 66.1 Å². The molecule has 3 aromatic rings. The third-order valence-electron chi connectivity index (χ3n) is 5.56. The second kappa shape index (κ2) is 10.9. The van der Waals surface area contributed by atoms with E-state index in [1.54, 1.807) is 35.3 Å². The first-order chi connectivity index (χ1) is 16.4. The first-order valence-electron chi connectivity index (χ1n) is 11.2. The highest BCUT2D eigenvalue weighted by Crippen LogP contribution is 2.29. The van der Waals surface area contributed by atoms with Crippen LogP contribution in [-0.4, -0.2) is 56.7 Å². The summed E-state index contributed by atoms with van der Waals surface area (Å²) < 4.78 is 23.4. The minimum atomic E-state index is -1.42. The van der Waals surface area contributed by atoms with Crippen molar-refractivity contribution in [3.05, 3.63) is 72.0 Å². The molecule has 1 saturated heterocycles. The van der Waals surface area contributed by atoms with Crippen LogP contribution in [-0.2, 0) is 11.0 Å². The number of halogens is 1. The van der Waals surface area contributed by atoms with Gasteiger partial charge in [0.15, 0.2) is 11.0 Å². The summed E-state index contributed by atoms with van der Waals surface area (Å²) in [5, 5.41) is 4.97. The van der Waals surface area contributed by atoms with E-state index < -0.39 is 11.0 Å². The minimum absolute atomic E-state index is 0.556. The van der Waals surface area contributed by atoms with E-state index in [4.69, 9.17) is 16.3 Å². The monoisotopic (exact) mass is 500 g/mol. The van der Waals surface area contributed by atoms with Crippen molar-refractivity contribution in [2.45, 2.75) is 25.2 Å². The number of nitrogens with zero attached hydrogens (tertiary/aromatic N) is 5. The molecule has 180 valence electrons. The number of nitrogens with one attached hydrogen (secondary N) is 1. The van der Waals surface area contributed by atoms with Crippen molar-refractivity contribution in [2.75, 3.05) is 37.7 Å². The molecule has 0 radical (unpaired) electrons. The summed E-state index contributed by atoms with van der Waals surface area (Å²) in [6.07, 6.45) is 2.64. The van der Waals surface area contributed by atoms with Crippen LogP contribution < -0.4 is 14.4 Å². The number of aryl methyl sites for hydroxylation is 1. The Morgan fingerprint density at radius 1 is 1.21 bits per heavy atom. The molecule has 1 aliphatic heterocycles. The zero-order valence-corrected chi connectivity index (χ0v) is 21.0. The molecule has 2 heterocycles. The molecule has 0 aliphatic carbocycles. The first-order valence-corrected chi connectivity index (χ1v) is 12.8. The second-order valence-corrected chi connectivity index (χ2v) is 9.57. The third-order valence-corrected chi connectivity index (χ3v) is 6.90. The van der Waals surface area contributed by atoms with Crippen molar-refractivity contribution in [2.24, 2.45) is 0 Å². The highest BCUT2D eigenvalue weighted by atomic mass is 35.5. The zero-order valence-electron chi connectivity index (χ0n) is 19.4. The lowest BCUT2D eigenvalue weighted by Crippen LogP contribution is -2.35. The SMILES string of the molecule is C=C(NS(=O)c1cccc(Cl)c1)N1CCCN(c2ccc(-n3cnc(C)n3)c(OCC)c2)CC1. The molecule has 0 spiro atoms. The van der Waals surface area contributed by atoms with E-state index in [1.165, 1.54) is 0 Å². The smallest absolute Gasteiger partial charge is 0.151 e. The van der Waals surface area contributed by atoms with Crippen molar-refractivity contribution < 1.29 is 8.95 Å². The van der Waals surface area contributed by atoms with Crippen molar-refractivity contribution in [3.8, 4) is 11.4 Å². The Morgan fingerprint density at radius 3 is 2.79 bits per heavy atom. The number of benzene rings is 2. The molecule has 1 atom stereocenters. The van der Waals surface area contributed by atoms with E-state index in [-0.39, 0.29) is 0 Å². The topological polar surface area (TPSA) is 75.5 Å². The molecule has 1 aliphatic rings.